The van der Waals surface area contributed by atoms with E-state index in [0.29, 0.717) is 24.1 Å². The molecule has 1 aliphatic rings. The zero-order chi connectivity index (χ0) is 17.1. The molecular formula is C18H18ClF3N2O. The van der Waals surface area contributed by atoms with Crippen LogP contribution < -0.4 is 10.6 Å². The molecule has 0 aliphatic carbocycles. The quantitative estimate of drug-likeness (QED) is 0.869. The summed E-state index contributed by atoms with van der Waals surface area (Å²) >= 11 is 0. The highest BCUT2D eigenvalue weighted by Gasteiger charge is 2.28. The first-order chi connectivity index (χ1) is 11.5. The molecule has 0 saturated carbocycles. The average molecular weight is 371 g/mol. The van der Waals surface area contributed by atoms with Gasteiger partial charge in [-0.05, 0) is 54.9 Å². The third kappa shape index (κ3) is 4.52. The van der Waals surface area contributed by atoms with Crippen LogP contribution in [0, 0.1) is 17.5 Å². The van der Waals surface area contributed by atoms with Gasteiger partial charge in [-0.1, -0.05) is 6.07 Å². The lowest BCUT2D eigenvalue weighted by Gasteiger charge is -2.33. The number of carbonyl (C=O) groups is 1. The molecule has 2 unspecified atom stereocenters. The van der Waals surface area contributed by atoms with Crippen molar-refractivity contribution >= 4 is 18.3 Å². The number of hydrogen-bond donors (Lipinski definition) is 2. The number of hydrogen-bond acceptors (Lipinski definition) is 2. The predicted octanol–water partition coefficient (Wildman–Crippen LogP) is 3.40. The third-order valence-electron chi connectivity index (χ3n) is 4.28. The van der Waals surface area contributed by atoms with Crippen molar-refractivity contribution in [1.29, 1.82) is 0 Å². The Morgan fingerprint density at radius 2 is 1.76 bits per heavy atom. The Balaban J connectivity index is 0.00000225. The summed E-state index contributed by atoms with van der Waals surface area (Å²) in [5.41, 5.74) is 1.01. The van der Waals surface area contributed by atoms with Crippen LogP contribution in [0.3, 0.4) is 0 Å². The van der Waals surface area contributed by atoms with Crippen molar-refractivity contribution in [2.45, 2.75) is 18.4 Å². The molecule has 1 aliphatic heterocycles. The first kappa shape index (κ1) is 19.3. The van der Waals surface area contributed by atoms with Gasteiger partial charge in [-0.25, -0.2) is 13.2 Å². The standard InChI is InChI=1S/C18H17F3N2O.ClH/c19-13-4-1-11(2-5-13)18(24)23-17-10-22-8-7-14(17)12-3-6-15(20)16(21)9-12;/h1-6,9,14,17,22H,7-8,10H2,(H,23,24);1H. The smallest absolute Gasteiger partial charge is 0.251 e. The summed E-state index contributed by atoms with van der Waals surface area (Å²) in [5.74, 6) is -2.64. The third-order valence-corrected chi connectivity index (χ3v) is 4.28. The molecule has 0 bridgehead atoms. The molecule has 0 aromatic heterocycles. The molecule has 3 nitrogen and oxygen atoms in total. The molecule has 2 atom stereocenters. The van der Waals surface area contributed by atoms with Crippen LogP contribution in [0.1, 0.15) is 28.3 Å². The normalized spacial score (nSPS) is 19.8. The van der Waals surface area contributed by atoms with Gasteiger partial charge >= 0.3 is 0 Å². The van der Waals surface area contributed by atoms with Gasteiger partial charge in [0.25, 0.3) is 5.91 Å². The van der Waals surface area contributed by atoms with Crippen LogP contribution in [0.25, 0.3) is 0 Å². The van der Waals surface area contributed by atoms with E-state index < -0.39 is 17.5 Å². The van der Waals surface area contributed by atoms with E-state index >= 15 is 0 Å². The maximum atomic E-state index is 13.5. The molecule has 1 amide bonds. The first-order valence-corrected chi connectivity index (χ1v) is 7.76. The van der Waals surface area contributed by atoms with E-state index in [1.165, 1.54) is 30.3 Å². The fraction of sp³-hybridized carbons (Fsp3) is 0.278. The predicted molar refractivity (Wildman–Crippen MR) is 91.5 cm³/mol. The molecule has 2 aromatic rings. The van der Waals surface area contributed by atoms with E-state index in [2.05, 4.69) is 10.6 Å². The summed E-state index contributed by atoms with van der Waals surface area (Å²) in [6.45, 7) is 1.25. The maximum absolute atomic E-state index is 13.5. The second-order valence-corrected chi connectivity index (χ2v) is 5.86. The summed E-state index contributed by atoms with van der Waals surface area (Å²) < 4.78 is 39.6. The number of piperidine rings is 1. The van der Waals surface area contributed by atoms with Gasteiger partial charge in [0.2, 0.25) is 0 Å². The van der Waals surface area contributed by atoms with E-state index in [1.54, 1.807) is 6.07 Å². The molecule has 3 rings (SSSR count). The van der Waals surface area contributed by atoms with E-state index in [-0.39, 0.29) is 30.3 Å². The Morgan fingerprint density at radius 3 is 2.44 bits per heavy atom. The SMILES string of the molecule is Cl.O=C(NC1CNCCC1c1ccc(F)c(F)c1)c1ccc(F)cc1. The molecule has 2 aromatic carbocycles. The number of benzene rings is 2. The number of amides is 1. The molecule has 0 radical (unpaired) electrons. The second-order valence-electron chi connectivity index (χ2n) is 5.86. The monoisotopic (exact) mass is 370 g/mol. The lowest BCUT2D eigenvalue weighted by molar-refractivity contribution is 0.0924. The van der Waals surface area contributed by atoms with Crippen molar-refractivity contribution in [3.8, 4) is 0 Å². The molecule has 0 spiro atoms. The minimum Gasteiger partial charge on any atom is -0.347 e. The van der Waals surface area contributed by atoms with Gasteiger partial charge < -0.3 is 10.6 Å². The molecule has 7 heteroatoms. The van der Waals surface area contributed by atoms with Gasteiger partial charge in [0.1, 0.15) is 5.82 Å². The molecular weight excluding hydrogens is 353 g/mol. The second kappa shape index (κ2) is 8.36. The number of nitrogens with one attached hydrogen (secondary N) is 2. The number of halogens is 4. The maximum Gasteiger partial charge on any atom is 0.251 e. The van der Waals surface area contributed by atoms with Crippen LogP contribution in [0.5, 0.6) is 0 Å². The minimum atomic E-state index is -0.894. The van der Waals surface area contributed by atoms with Crippen LogP contribution in [0.4, 0.5) is 13.2 Å². The van der Waals surface area contributed by atoms with Crippen LogP contribution in [0.15, 0.2) is 42.5 Å². The van der Waals surface area contributed by atoms with Gasteiger partial charge in [-0.3, -0.25) is 4.79 Å². The summed E-state index contributed by atoms with van der Waals surface area (Å²) in [4.78, 5) is 12.3. The zero-order valence-corrected chi connectivity index (χ0v) is 14.1. The molecule has 1 fully saturated rings. The topological polar surface area (TPSA) is 41.1 Å². The van der Waals surface area contributed by atoms with Crippen molar-refractivity contribution in [1.82, 2.24) is 10.6 Å². The van der Waals surface area contributed by atoms with Gasteiger partial charge in [-0.2, -0.15) is 0 Å². The van der Waals surface area contributed by atoms with Crippen molar-refractivity contribution in [3.63, 3.8) is 0 Å². The number of carbonyl (C=O) groups excluding carboxylic acids is 1. The average Bonchev–Trinajstić information content (AvgIpc) is 2.58. The highest BCUT2D eigenvalue weighted by atomic mass is 35.5. The van der Waals surface area contributed by atoms with Crippen LogP contribution in [-0.4, -0.2) is 25.0 Å². The summed E-state index contributed by atoms with van der Waals surface area (Å²) in [6.07, 6.45) is 0.694. The van der Waals surface area contributed by atoms with Crippen molar-refractivity contribution < 1.29 is 18.0 Å². The van der Waals surface area contributed by atoms with Gasteiger partial charge in [0.05, 0.1) is 0 Å². The lowest BCUT2D eigenvalue weighted by atomic mass is 9.85. The first-order valence-electron chi connectivity index (χ1n) is 7.76. The number of rotatable bonds is 3. The molecule has 25 heavy (non-hydrogen) atoms. The van der Waals surface area contributed by atoms with E-state index in [9.17, 15) is 18.0 Å². The van der Waals surface area contributed by atoms with Crippen LogP contribution in [0.2, 0.25) is 0 Å². The van der Waals surface area contributed by atoms with Gasteiger partial charge in [0.15, 0.2) is 11.6 Å². The Hall–Kier alpha value is -2.05. The highest BCUT2D eigenvalue weighted by molar-refractivity contribution is 5.94. The Labute approximate surface area is 150 Å². The Bertz CT molecular complexity index is 740. The molecule has 1 saturated heterocycles. The minimum absolute atomic E-state index is 0. The molecule has 2 N–H and O–H groups in total. The van der Waals surface area contributed by atoms with E-state index in [0.717, 1.165) is 12.6 Å². The van der Waals surface area contributed by atoms with Gasteiger partial charge in [-0.15, -0.1) is 12.4 Å². The Kier molecular flexibility index (Phi) is 6.45. The zero-order valence-electron chi connectivity index (χ0n) is 13.3. The summed E-state index contributed by atoms with van der Waals surface area (Å²) in [7, 11) is 0. The van der Waals surface area contributed by atoms with E-state index in [4.69, 9.17) is 0 Å². The van der Waals surface area contributed by atoms with E-state index in [1.807, 2.05) is 0 Å². The van der Waals surface area contributed by atoms with Crippen LogP contribution in [-0.2, 0) is 0 Å². The Morgan fingerprint density at radius 1 is 1.04 bits per heavy atom. The van der Waals surface area contributed by atoms with Crippen LogP contribution >= 0.6 is 12.4 Å². The van der Waals surface area contributed by atoms with Crippen molar-refractivity contribution in [2.75, 3.05) is 13.1 Å². The fourth-order valence-corrected chi connectivity index (χ4v) is 3.01. The fourth-order valence-electron chi connectivity index (χ4n) is 3.01. The van der Waals surface area contributed by atoms with Gasteiger partial charge in [0, 0.05) is 24.1 Å². The summed E-state index contributed by atoms with van der Waals surface area (Å²) in [5, 5.41) is 6.08. The van der Waals surface area contributed by atoms with Crippen molar-refractivity contribution in [3.05, 3.63) is 71.0 Å². The highest BCUT2D eigenvalue weighted by Crippen LogP contribution is 2.27. The largest absolute Gasteiger partial charge is 0.347 e. The lowest BCUT2D eigenvalue weighted by Crippen LogP contribution is -2.50. The molecule has 134 valence electrons. The molecule has 1 heterocycles. The van der Waals surface area contributed by atoms with Crippen molar-refractivity contribution in [2.24, 2.45) is 0 Å². The summed E-state index contributed by atoms with van der Waals surface area (Å²) in [6, 6.07) is 8.84.